The fraction of sp³-hybridized carbons (Fsp3) is 0.533. The Balaban J connectivity index is 1.95. The van der Waals surface area contributed by atoms with Crippen molar-refractivity contribution in [3.8, 4) is 0 Å². The first-order valence-corrected chi connectivity index (χ1v) is 6.87. The van der Waals surface area contributed by atoms with E-state index in [1.165, 1.54) is 19.3 Å². The number of rotatable bonds is 2. The van der Waals surface area contributed by atoms with E-state index in [1.54, 1.807) is 0 Å². The molecule has 0 spiro atoms. The van der Waals surface area contributed by atoms with E-state index in [-0.39, 0.29) is 0 Å². The van der Waals surface area contributed by atoms with Crippen molar-refractivity contribution in [2.75, 3.05) is 0 Å². The molecule has 1 saturated carbocycles. The zero-order chi connectivity index (χ0) is 12.5. The molecule has 1 fully saturated rings. The van der Waals surface area contributed by atoms with E-state index in [0.717, 1.165) is 29.7 Å². The van der Waals surface area contributed by atoms with Crippen LogP contribution >= 0.6 is 0 Å². The first-order valence-electron chi connectivity index (χ1n) is 6.87. The zero-order valence-electron chi connectivity index (χ0n) is 10.8. The van der Waals surface area contributed by atoms with Crippen molar-refractivity contribution in [2.45, 2.75) is 38.2 Å². The predicted octanol–water partition coefficient (Wildman–Crippen LogP) is 3.19. The number of benzene rings is 1. The Bertz CT molecular complexity index is 540. The molecule has 1 aromatic carbocycles. The van der Waals surface area contributed by atoms with Gasteiger partial charge in [-0.2, -0.15) is 0 Å². The molecule has 2 aromatic rings. The number of para-hydroxylation sites is 2. The van der Waals surface area contributed by atoms with Crippen molar-refractivity contribution in [2.24, 2.45) is 13.0 Å². The fourth-order valence-electron chi connectivity index (χ4n) is 3.09. The number of fused-ring (bicyclic) bond motifs is 1. The first kappa shape index (κ1) is 11.7. The lowest BCUT2D eigenvalue weighted by atomic mass is 9.85. The maximum Gasteiger partial charge on any atom is 0.138 e. The quantitative estimate of drug-likeness (QED) is 0.881. The molecular weight excluding hydrogens is 224 g/mol. The van der Waals surface area contributed by atoms with Gasteiger partial charge in [0.25, 0.3) is 0 Å². The Kier molecular flexibility index (Phi) is 3.08. The topological polar surface area (TPSA) is 38.0 Å². The number of imidazole rings is 1. The zero-order valence-corrected chi connectivity index (χ0v) is 10.8. The van der Waals surface area contributed by atoms with Crippen molar-refractivity contribution in [1.29, 1.82) is 0 Å². The molecule has 0 amide bonds. The van der Waals surface area contributed by atoms with Crippen LogP contribution in [0.5, 0.6) is 0 Å². The average Bonchev–Trinajstić information content (AvgIpc) is 2.77. The first-order chi connectivity index (χ1) is 8.77. The summed E-state index contributed by atoms with van der Waals surface area (Å²) in [5, 5.41) is 10.5. The van der Waals surface area contributed by atoms with Gasteiger partial charge in [0.1, 0.15) is 11.9 Å². The van der Waals surface area contributed by atoms with Gasteiger partial charge >= 0.3 is 0 Å². The second kappa shape index (κ2) is 4.73. The predicted molar refractivity (Wildman–Crippen MR) is 72.2 cm³/mol. The highest BCUT2D eigenvalue weighted by Crippen LogP contribution is 2.34. The SMILES string of the molecule is Cn1c(C(O)C2CCCCC2)nc2ccccc21. The van der Waals surface area contributed by atoms with Gasteiger partial charge in [-0.1, -0.05) is 31.4 Å². The molecular formula is C15H20N2O. The summed E-state index contributed by atoms with van der Waals surface area (Å²) in [6.45, 7) is 0. The molecule has 3 nitrogen and oxygen atoms in total. The van der Waals surface area contributed by atoms with Crippen LogP contribution in [0.4, 0.5) is 0 Å². The lowest BCUT2D eigenvalue weighted by Gasteiger charge is -2.26. The van der Waals surface area contributed by atoms with Gasteiger partial charge in [0.2, 0.25) is 0 Å². The van der Waals surface area contributed by atoms with E-state index < -0.39 is 6.10 Å². The Labute approximate surface area is 107 Å². The highest BCUT2D eigenvalue weighted by Gasteiger charge is 2.26. The highest BCUT2D eigenvalue weighted by atomic mass is 16.3. The number of aryl methyl sites for hydroxylation is 1. The number of nitrogens with zero attached hydrogens (tertiary/aromatic N) is 2. The van der Waals surface area contributed by atoms with Crippen LogP contribution in [0.1, 0.15) is 44.0 Å². The molecule has 18 heavy (non-hydrogen) atoms. The Morgan fingerprint density at radius 2 is 1.94 bits per heavy atom. The minimum atomic E-state index is -0.414. The largest absolute Gasteiger partial charge is 0.385 e. The van der Waals surface area contributed by atoms with Crippen LogP contribution in [0.2, 0.25) is 0 Å². The molecule has 0 radical (unpaired) electrons. The van der Waals surface area contributed by atoms with Gasteiger partial charge in [-0.25, -0.2) is 4.98 Å². The maximum atomic E-state index is 10.5. The van der Waals surface area contributed by atoms with Crippen LogP contribution in [-0.4, -0.2) is 14.7 Å². The monoisotopic (exact) mass is 244 g/mol. The van der Waals surface area contributed by atoms with Gasteiger partial charge in [-0.3, -0.25) is 0 Å². The van der Waals surface area contributed by atoms with Gasteiger partial charge in [0.15, 0.2) is 0 Å². The van der Waals surface area contributed by atoms with Crippen LogP contribution in [0.3, 0.4) is 0 Å². The molecule has 1 heterocycles. The molecule has 1 atom stereocenters. The Morgan fingerprint density at radius 1 is 1.22 bits per heavy atom. The molecule has 0 saturated heterocycles. The number of hydrogen-bond donors (Lipinski definition) is 1. The van der Waals surface area contributed by atoms with Crippen LogP contribution < -0.4 is 0 Å². The molecule has 1 unspecified atom stereocenters. The van der Waals surface area contributed by atoms with Crippen molar-refractivity contribution < 1.29 is 5.11 Å². The minimum Gasteiger partial charge on any atom is -0.385 e. The summed E-state index contributed by atoms with van der Waals surface area (Å²) < 4.78 is 2.04. The summed E-state index contributed by atoms with van der Waals surface area (Å²) in [5.74, 6) is 1.21. The van der Waals surface area contributed by atoms with Crippen molar-refractivity contribution in [3.05, 3.63) is 30.1 Å². The summed E-state index contributed by atoms with van der Waals surface area (Å²) in [7, 11) is 2.00. The van der Waals surface area contributed by atoms with Crippen molar-refractivity contribution in [1.82, 2.24) is 9.55 Å². The van der Waals surface area contributed by atoms with Gasteiger partial charge in [0.05, 0.1) is 11.0 Å². The van der Waals surface area contributed by atoms with Crippen molar-refractivity contribution in [3.63, 3.8) is 0 Å². The summed E-state index contributed by atoms with van der Waals surface area (Å²) >= 11 is 0. The molecule has 3 heteroatoms. The normalized spacial score (nSPS) is 19.2. The van der Waals surface area contributed by atoms with Gasteiger partial charge in [0, 0.05) is 7.05 Å². The number of aromatic nitrogens is 2. The average molecular weight is 244 g/mol. The second-order valence-electron chi connectivity index (χ2n) is 5.36. The van der Waals surface area contributed by atoms with Gasteiger partial charge in [-0.05, 0) is 30.9 Å². The highest BCUT2D eigenvalue weighted by molar-refractivity contribution is 5.75. The van der Waals surface area contributed by atoms with E-state index in [9.17, 15) is 5.11 Å². The van der Waals surface area contributed by atoms with Crippen LogP contribution in [0, 0.1) is 5.92 Å². The standard InChI is InChI=1S/C15H20N2O/c1-17-13-10-6-5-9-12(13)16-15(17)14(18)11-7-3-2-4-8-11/h5-6,9-11,14,18H,2-4,7-8H2,1H3. The number of aliphatic hydroxyl groups is 1. The summed E-state index contributed by atoms with van der Waals surface area (Å²) in [6, 6.07) is 8.07. The minimum absolute atomic E-state index is 0.384. The third-order valence-corrected chi connectivity index (χ3v) is 4.18. The van der Waals surface area contributed by atoms with E-state index in [1.807, 2.05) is 29.8 Å². The van der Waals surface area contributed by atoms with E-state index in [4.69, 9.17) is 0 Å². The third kappa shape index (κ3) is 1.93. The van der Waals surface area contributed by atoms with Gasteiger partial charge < -0.3 is 9.67 Å². The summed E-state index contributed by atoms with van der Waals surface area (Å²) in [5.41, 5.74) is 2.08. The molecule has 1 aromatic heterocycles. The van der Waals surface area contributed by atoms with Crippen LogP contribution in [-0.2, 0) is 7.05 Å². The van der Waals surface area contributed by atoms with Crippen LogP contribution in [0.15, 0.2) is 24.3 Å². The molecule has 1 aliphatic rings. The van der Waals surface area contributed by atoms with E-state index >= 15 is 0 Å². The Hall–Kier alpha value is -1.35. The third-order valence-electron chi connectivity index (χ3n) is 4.18. The Morgan fingerprint density at radius 3 is 2.67 bits per heavy atom. The van der Waals surface area contributed by atoms with Crippen molar-refractivity contribution >= 4 is 11.0 Å². The molecule has 0 aliphatic heterocycles. The maximum absolute atomic E-state index is 10.5. The lowest BCUT2D eigenvalue weighted by Crippen LogP contribution is -2.19. The van der Waals surface area contributed by atoms with Gasteiger partial charge in [-0.15, -0.1) is 0 Å². The second-order valence-corrected chi connectivity index (χ2v) is 5.36. The molecule has 96 valence electrons. The smallest absolute Gasteiger partial charge is 0.138 e. The van der Waals surface area contributed by atoms with Crippen LogP contribution in [0.25, 0.3) is 11.0 Å². The van der Waals surface area contributed by atoms with E-state index in [0.29, 0.717) is 5.92 Å². The fourth-order valence-corrected chi connectivity index (χ4v) is 3.09. The molecule has 1 N–H and O–H groups in total. The number of aliphatic hydroxyl groups excluding tert-OH is 1. The van der Waals surface area contributed by atoms with E-state index in [2.05, 4.69) is 11.1 Å². The lowest BCUT2D eigenvalue weighted by molar-refractivity contribution is 0.0752. The molecule has 1 aliphatic carbocycles. The summed E-state index contributed by atoms with van der Waals surface area (Å²) in [6.07, 6.45) is 5.64. The summed E-state index contributed by atoms with van der Waals surface area (Å²) in [4.78, 5) is 4.60. The number of hydrogen-bond acceptors (Lipinski definition) is 2. The molecule has 3 rings (SSSR count). The molecule has 0 bridgehead atoms.